The molecule has 2 aromatic carbocycles. The molecule has 0 radical (unpaired) electrons. The predicted molar refractivity (Wildman–Crippen MR) is 108 cm³/mol. The molecule has 1 heterocycles. The monoisotopic (exact) mass is 373 g/mol. The summed E-state index contributed by atoms with van der Waals surface area (Å²) in [6.45, 7) is 6.89. The minimum Gasteiger partial charge on any atom is -0.367 e. The van der Waals surface area contributed by atoms with Gasteiger partial charge in [-0.2, -0.15) is 0 Å². The van der Waals surface area contributed by atoms with Gasteiger partial charge in [-0.3, -0.25) is 4.31 Å². The smallest absolute Gasteiger partial charge is 0.264 e. The molecule has 0 unspecified atom stereocenters. The summed E-state index contributed by atoms with van der Waals surface area (Å²) in [5.74, 6) is 0. The Morgan fingerprint density at radius 1 is 0.962 bits per heavy atom. The second-order valence-corrected chi connectivity index (χ2v) is 8.96. The van der Waals surface area contributed by atoms with Gasteiger partial charge in [-0.1, -0.05) is 18.2 Å². The molecular weight excluding hydrogens is 346 g/mol. The first-order valence-electron chi connectivity index (χ1n) is 8.89. The van der Waals surface area contributed by atoms with Gasteiger partial charge in [-0.15, -0.1) is 0 Å². The molecule has 0 amide bonds. The number of benzene rings is 2. The van der Waals surface area contributed by atoms with Gasteiger partial charge in [0.25, 0.3) is 10.0 Å². The quantitative estimate of drug-likeness (QED) is 0.808. The van der Waals surface area contributed by atoms with Crippen LogP contribution >= 0.6 is 0 Å². The van der Waals surface area contributed by atoms with E-state index < -0.39 is 10.0 Å². The number of hydrogen-bond donors (Lipinski definition) is 0. The van der Waals surface area contributed by atoms with Crippen molar-refractivity contribution in [3.8, 4) is 0 Å². The third-order valence-corrected chi connectivity index (χ3v) is 6.76. The number of nitrogens with zero attached hydrogens (tertiary/aromatic N) is 3. The van der Waals surface area contributed by atoms with Crippen LogP contribution in [0.1, 0.15) is 11.1 Å². The van der Waals surface area contributed by atoms with Crippen LogP contribution in [0.5, 0.6) is 0 Å². The Hall–Kier alpha value is -2.05. The normalized spacial score (nSPS) is 14.7. The molecule has 2 aromatic rings. The van der Waals surface area contributed by atoms with Gasteiger partial charge in [0, 0.05) is 19.6 Å². The molecule has 0 saturated heterocycles. The highest BCUT2D eigenvalue weighted by Crippen LogP contribution is 2.36. The van der Waals surface area contributed by atoms with Gasteiger partial charge in [0.05, 0.1) is 22.8 Å². The van der Waals surface area contributed by atoms with Gasteiger partial charge < -0.3 is 9.80 Å². The van der Waals surface area contributed by atoms with Crippen LogP contribution in [-0.4, -0.2) is 53.6 Å². The van der Waals surface area contributed by atoms with Gasteiger partial charge in [0.2, 0.25) is 0 Å². The number of hydrogen-bond acceptors (Lipinski definition) is 4. The Balaban J connectivity index is 1.97. The van der Waals surface area contributed by atoms with Crippen LogP contribution in [0.2, 0.25) is 0 Å². The standard InChI is InChI=1S/C20H27N3O2S/c1-16-9-10-18(15-17(16)2)26(24,25)23-14-13-22(12-11-21(3)4)19-7-5-6-8-20(19)23/h5-10,15H,11-14H2,1-4H3. The molecule has 0 fully saturated rings. The first-order chi connectivity index (χ1) is 12.3. The summed E-state index contributed by atoms with van der Waals surface area (Å²) in [5.41, 5.74) is 3.82. The van der Waals surface area contributed by atoms with Gasteiger partial charge in [-0.25, -0.2) is 8.42 Å². The fourth-order valence-corrected chi connectivity index (χ4v) is 4.75. The Labute approximate surface area is 156 Å². The van der Waals surface area contributed by atoms with E-state index in [9.17, 15) is 8.42 Å². The highest BCUT2D eigenvalue weighted by Gasteiger charge is 2.31. The fourth-order valence-electron chi connectivity index (χ4n) is 3.20. The molecule has 1 aliphatic rings. The first-order valence-corrected chi connectivity index (χ1v) is 10.3. The fraction of sp³-hybridized carbons (Fsp3) is 0.400. The molecule has 3 rings (SSSR count). The molecule has 0 atom stereocenters. The summed E-state index contributed by atoms with van der Waals surface area (Å²) in [6.07, 6.45) is 0. The summed E-state index contributed by atoms with van der Waals surface area (Å²) < 4.78 is 28.1. The molecule has 5 nitrogen and oxygen atoms in total. The van der Waals surface area contributed by atoms with Crippen LogP contribution in [0.4, 0.5) is 11.4 Å². The average molecular weight is 374 g/mol. The van der Waals surface area contributed by atoms with Gasteiger partial charge >= 0.3 is 0 Å². The molecule has 1 aliphatic heterocycles. The lowest BCUT2D eigenvalue weighted by Gasteiger charge is -2.38. The van der Waals surface area contributed by atoms with E-state index in [4.69, 9.17) is 0 Å². The summed E-state index contributed by atoms with van der Waals surface area (Å²) in [5, 5.41) is 0. The lowest BCUT2D eigenvalue weighted by atomic mass is 10.1. The maximum atomic E-state index is 13.3. The number of para-hydroxylation sites is 2. The third-order valence-electron chi connectivity index (χ3n) is 4.95. The van der Waals surface area contributed by atoms with E-state index in [-0.39, 0.29) is 0 Å². The zero-order chi connectivity index (χ0) is 18.9. The summed E-state index contributed by atoms with van der Waals surface area (Å²) in [4.78, 5) is 4.76. The number of sulfonamides is 1. The van der Waals surface area contributed by atoms with Crippen molar-refractivity contribution in [2.45, 2.75) is 18.7 Å². The van der Waals surface area contributed by atoms with Crippen molar-refractivity contribution in [2.75, 3.05) is 49.5 Å². The maximum Gasteiger partial charge on any atom is 0.264 e. The van der Waals surface area contributed by atoms with Crippen LogP contribution in [0.15, 0.2) is 47.4 Å². The van der Waals surface area contributed by atoms with E-state index >= 15 is 0 Å². The van der Waals surface area contributed by atoms with E-state index in [0.717, 1.165) is 35.6 Å². The van der Waals surface area contributed by atoms with Crippen molar-refractivity contribution < 1.29 is 8.42 Å². The summed E-state index contributed by atoms with van der Waals surface area (Å²) in [6, 6.07) is 13.1. The van der Waals surface area contributed by atoms with Crippen LogP contribution in [0, 0.1) is 13.8 Å². The Morgan fingerprint density at radius 3 is 2.31 bits per heavy atom. The van der Waals surface area contributed by atoms with Crippen molar-refractivity contribution in [1.82, 2.24) is 4.90 Å². The maximum absolute atomic E-state index is 13.3. The second-order valence-electron chi connectivity index (χ2n) is 7.10. The van der Waals surface area contributed by atoms with Crippen LogP contribution in [-0.2, 0) is 10.0 Å². The zero-order valence-corrected chi connectivity index (χ0v) is 16.8. The topological polar surface area (TPSA) is 43.9 Å². The molecule has 26 heavy (non-hydrogen) atoms. The SMILES string of the molecule is Cc1ccc(S(=O)(=O)N2CCN(CCN(C)C)c3ccccc32)cc1C. The number of rotatable bonds is 5. The second kappa shape index (κ2) is 7.29. The van der Waals surface area contributed by atoms with Crippen molar-refractivity contribution in [1.29, 1.82) is 0 Å². The molecule has 0 bridgehead atoms. The van der Waals surface area contributed by atoms with E-state index in [1.165, 1.54) is 0 Å². The van der Waals surface area contributed by atoms with Gasteiger partial charge in [0.1, 0.15) is 0 Å². The molecule has 0 saturated carbocycles. The largest absolute Gasteiger partial charge is 0.367 e. The van der Waals surface area contributed by atoms with Crippen molar-refractivity contribution in [3.05, 3.63) is 53.6 Å². The lowest BCUT2D eigenvalue weighted by molar-refractivity contribution is 0.413. The summed E-state index contributed by atoms with van der Waals surface area (Å²) >= 11 is 0. The van der Waals surface area contributed by atoms with E-state index in [2.05, 4.69) is 9.80 Å². The van der Waals surface area contributed by atoms with Crippen molar-refractivity contribution in [3.63, 3.8) is 0 Å². The molecule has 140 valence electrons. The Bertz CT molecular complexity index is 894. The van der Waals surface area contributed by atoms with Crippen LogP contribution in [0.25, 0.3) is 0 Å². The minimum absolute atomic E-state index is 0.358. The number of likely N-dealkylation sites (N-methyl/N-ethyl adjacent to an activating group) is 1. The molecular formula is C20H27N3O2S. The molecule has 6 heteroatoms. The predicted octanol–water partition coefficient (Wildman–Crippen LogP) is 2.88. The molecule has 0 N–H and O–H groups in total. The first kappa shape index (κ1) is 18.7. The Morgan fingerprint density at radius 2 is 1.65 bits per heavy atom. The number of anilines is 2. The van der Waals surface area contributed by atoms with Crippen molar-refractivity contribution in [2.24, 2.45) is 0 Å². The minimum atomic E-state index is -3.57. The molecule has 0 spiro atoms. The Kier molecular flexibility index (Phi) is 5.25. The summed E-state index contributed by atoms with van der Waals surface area (Å²) in [7, 11) is 0.523. The number of fused-ring (bicyclic) bond motifs is 1. The van der Waals surface area contributed by atoms with Crippen molar-refractivity contribution >= 4 is 21.4 Å². The van der Waals surface area contributed by atoms with Crippen LogP contribution < -0.4 is 9.21 Å². The zero-order valence-electron chi connectivity index (χ0n) is 15.9. The lowest BCUT2D eigenvalue weighted by Crippen LogP contribution is -2.45. The molecule has 0 aliphatic carbocycles. The van der Waals surface area contributed by atoms with E-state index in [1.54, 1.807) is 16.4 Å². The van der Waals surface area contributed by atoms with Gasteiger partial charge in [-0.05, 0) is 63.3 Å². The van der Waals surface area contributed by atoms with E-state index in [0.29, 0.717) is 18.0 Å². The van der Waals surface area contributed by atoms with Crippen LogP contribution in [0.3, 0.4) is 0 Å². The third kappa shape index (κ3) is 3.57. The number of aryl methyl sites for hydroxylation is 2. The highest BCUT2D eigenvalue weighted by molar-refractivity contribution is 7.92. The molecule has 0 aromatic heterocycles. The highest BCUT2D eigenvalue weighted by atomic mass is 32.2. The van der Waals surface area contributed by atoms with E-state index in [1.807, 2.05) is 58.3 Å². The van der Waals surface area contributed by atoms with Gasteiger partial charge in [0.15, 0.2) is 0 Å². The average Bonchev–Trinajstić information content (AvgIpc) is 2.61.